The molecule has 5 nitrogen and oxygen atoms in total. The smallest absolute Gasteiger partial charge is 0.349 e. The number of benzene rings is 1. The van der Waals surface area contributed by atoms with E-state index in [9.17, 15) is 14.0 Å². The first-order valence-corrected chi connectivity index (χ1v) is 6.04. The Hall–Kier alpha value is -2.11. The second-order valence-electron chi connectivity index (χ2n) is 4.48. The largest absolute Gasteiger partial charge is 0.493 e. The van der Waals surface area contributed by atoms with Crippen LogP contribution < -0.4 is 9.47 Å². The van der Waals surface area contributed by atoms with Crippen molar-refractivity contribution in [2.75, 3.05) is 13.7 Å². The minimum atomic E-state index is -1.38. The van der Waals surface area contributed by atoms with Gasteiger partial charge in [0, 0.05) is 5.56 Å². The fraction of sp³-hybridized carbons (Fsp3) is 0.429. The Kier molecular flexibility index (Phi) is 5.07. The van der Waals surface area contributed by atoms with Gasteiger partial charge in [-0.1, -0.05) is 0 Å². The number of hydrogen-bond acceptors (Lipinski definition) is 5. The molecule has 0 aliphatic carbocycles. The van der Waals surface area contributed by atoms with Crippen LogP contribution in [0.1, 0.15) is 31.1 Å². The molecule has 0 saturated heterocycles. The summed E-state index contributed by atoms with van der Waals surface area (Å²) >= 11 is 0. The minimum Gasteiger partial charge on any atom is -0.493 e. The molecule has 110 valence electrons. The van der Waals surface area contributed by atoms with Crippen LogP contribution in [0, 0.1) is 5.82 Å². The van der Waals surface area contributed by atoms with Gasteiger partial charge in [-0.2, -0.15) is 0 Å². The zero-order chi connectivity index (χ0) is 15.3. The highest BCUT2D eigenvalue weighted by Gasteiger charge is 2.33. The second kappa shape index (κ2) is 6.36. The van der Waals surface area contributed by atoms with Crippen molar-refractivity contribution in [3.63, 3.8) is 0 Å². The van der Waals surface area contributed by atoms with Gasteiger partial charge in [0.2, 0.25) is 5.60 Å². The fourth-order valence-corrected chi connectivity index (χ4v) is 1.51. The standard InChI is InChI=1S/C14H17FO5/c1-5-19-13(17)14(2,3)20-12-10(15)6-9(8-16)7-11(12)18-4/h6-8H,5H2,1-4H3. The Morgan fingerprint density at radius 1 is 1.40 bits per heavy atom. The first kappa shape index (κ1) is 15.9. The fourth-order valence-electron chi connectivity index (χ4n) is 1.51. The van der Waals surface area contributed by atoms with Gasteiger partial charge in [-0.05, 0) is 32.9 Å². The predicted octanol–water partition coefficient (Wildman–Crippen LogP) is 2.37. The van der Waals surface area contributed by atoms with Crippen molar-refractivity contribution < 1.29 is 28.2 Å². The summed E-state index contributed by atoms with van der Waals surface area (Å²) in [6.07, 6.45) is 0.492. The third kappa shape index (κ3) is 3.46. The zero-order valence-corrected chi connectivity index (χ0v) is 11.9. The van der Waals surface area contributed by atoms with Crippen molar-refractivity contribution in [3.8, 4) is 11.5 Å². The SMILES string of the molecule is CCOC(=O)C(C)(C)Oc1c(F)cc(C=O)cc1OC. The molecule has 0 bridgehead atoms. The lowest BCUT2D eigenvalue weighted by Crippen LogP contribution is -2.40. The molecular weight excluding hydrogens is 267 g/mol. The van der Waals surface area contributed by atoms with E-state index in [0.717, 1.165) is 6.07 Å². The van der Waals surface area contributed by atoms with Crippen LogP contribution in [-0.4, -0.2) is 31.6 Å². The van der Waals surface area contributed by atoms with Crippen LogP contribution in [0.2, 0.25) is 0 Å². The molecule has 0 saturated carbocycles. The molecular formula is C14H17FO5. The molecule has 0 amide bonds. The molecule has 0 heterocycles. The lowest BCUT2D eigenvalue weighted by Gasteiger charge is -2.25. The topological polar surface area (TPSA) is 61.8 Å². The molecule has 20 heavy (non-hydrogen) atoms. The second-order valence-corrected chi connectivity index (χ2v) is 4.48. The maximum absolute atomic E-state index is 13.9. The number of methoxy groups -OCH3 is 1. The molecule has 1 rings (SSSR count). The maximum Gasteiger partial charge on any atom is 0.349 e. The van der Waals surface area contributed by atoms with E-state index in [0.29, 0.717) is 6.29 Å². The Morgan fingerprint density at radius 3 is 2.55 bits per heavy atom. The molecule has 1 aromatic carbocycles. The van der Waals surface area contributed by atoms with Gasteiger partial charge in [0.1, 0.15) is 6.29 Å². The monoisotopic (exact) mass is 284 g/mol. The molecule has 1 aromatic rings. The minimum absolute atomic E-state index is 0.0319. The number of esters is 1. The van der Waals surface area contributed by atoms with Gasteiger partial charge in [0.15, 0.2) is 17.3 Å². The number of rotatable bonds is 6. The summed E-state index contributed by atoms with van der Waals surface area (Å²) in [6.45, 7) is 4.76. The van der Waals surface area contributed by atoms with E-state index >= 15 is 0 Å². The Balaban J connectivity index is 3.14. The van der Waals surface area contributed by atoms with Crippen molar-refractivity contribution in [2.24, 2.45) is 0 Å². The van der Waals surface area contributed by atoms with Crippen LogP contribution in [0.5, 0.6) is 11.5 Å². The quantitative estimate of drug-likeness (QED) is 0.593. The third-order valence-corrected chi connectivity index (χ3v) is 2.51. The van der Waals surface area contributed by atoms with Crippen LogP contribution >= 0.6 is 0 Å². The molecule has 0 unspecified atom stereocenters. The van der Waals surface area contributed by atoms with Crippen molar-refractivity contribution >= 4 is 12.3 Å². The Labute approximate surface area is 116 Å². The average Bonchev–Trinajstić information content (AvgIpc) is 2.40. The van der Waals surface area contributed by atoms with Crippen molar-refractivity contribution in [3.05, 3.63) is 23.5 Å². The highest BCUT2D eigenvalue weighted by atomic mass is 19.1. The van der Waals surface area contributed by atoms with E-state index in [4.69, 9.17) is 14.2 Å². The number of carbonyl (C=O) groups is 2. The molecule has 0 aromatic heterocycles. The first-order valence-electron chi connectivity index (χ1n) is 6.04. The van der Waals surface area contributed by atoms with Crippen LogP contribution in [0.15, 0.2) is 12.1 Å². The van der Waals surface area contributed by atoms with E-state index in [1.165, 1.54) is 27.0 Å². The number of ether oxygens (including phenoxy) is 3. The molecule has 0 fully saturated rings. The average molecular weight is 284 g/mol. The Morgan fingerprint density at radius 2 is 2.05 bits per heavy atom. The van der Waals surface area contributed by atoms with Crippen LogP contribution in [0.3, 0.4) is 0 Å². The molecule has 0 spiro atoms. The summed E-state index contributed by atoms with van der Waals surface area (Å²) in [4.78, 5) is 22.4. The summed E-state index contributed by atoms with van der Waals surface area (Å²) in [7, 11) is 1.31. The van der Waals surface area contributed by atoms with Crippen LogP contribution in [0.4, 0.5) is 4.39 Å². The van der Waals surface area contributed by atoms with Crippen LogP contribution in [-0.2, 0) is 9.53 Å². The lowest BCUT2D eigenvalue weighted by molar-refractivity contribution is -0.158. The number of hydrogen-bond donors (Lipinski definition) is 0. The molecule has 0 N–H and O–H groups in total. The van der Waals surface area contributed by atoms with Crippen molar-refractivity contribution in [2.45, 2.75) is 26.4 Å². The van der Waals surface area contributed by atoms with Gasteiger partial charge in [-0.25, -0.2) is 9.18 Å². The number of aldehydes is 1. The van der Waals surface area contributed by atoms with Gasteiger partial charge in [-0.3, -0.25) is 4.79 Å². The van der Waals surface area contributed by atoms with Crippen LogP contribution in [0.25, 0.3) is 0 Å². The van der Waals surface area contributed by atoms with Gasteiger partial charge < -0.3 is 14.2 Å². The number of halogens is 1. The maximum atomic E-state index is 13.9. The first-order chi connectivity index (χ1) is 9.35. The van der Waals surface area contributed by atoms with Crippen molar-refractivity contribution in [1.82, 2.24) is 0 Å². The molecule has 0 radical (unpaired) electrons. The van der Waals surface area contributed by atoms with E-state index in [-0.39, 0.29) is 23.7 Å². The van der Waals surface area contributed by atoms with Gasteiger partial charge in [0.05, 0.1) is 13.7 Å². The lowest BCUT2D eigenvalue weighted by atomic mass is 10.1. The third-order valence-electron chi connectivity index (χ3n) is 2.51. The Bertz CT molecular complexity index is 511. The van der Waals surface area contributed by atoms with E-state index in [1.807, 2.05) is 0 Å². The molecule has 6 heteroatoms. The number of carbonyl (C=O) groups excluding carboxylic acids is 2. The predicted molar refractivity (Wildman–Crippen MR) is 69.7 cm³/mol. The highest BCUT2D eigenvalue weighted by Crippen LogP contribution is 2.34. The van der Waals surface area contributed by atoms with E-state index < -0.39 is 17.4 Å². The summed E-state index contributed by atoms with van der Waals surface area (Å²) in [5.41, 5.74) is -1.27. The zero-order valence-electron chi connectivity index (χ0n) is 11.9. The van der Waals surface area contributed by atoms with Gasteiger partial charge in [-0.15, -0.1) is 0 Å². The van der Waals surface area contributed by atoms with Gasteiger partial charge >= 0.3 is 5.97 Å². The van der Waals surface area contributed by atoms with Crippen molar-refractivity contribution in [1.29, 1.82) is 0 Å². The normalized spacial score (nSPS) is 10.8. The molecule has 0 aliphatic rings. The molecule has 0 atom stereocenters. The summed E-state index contributed by atoms with van der Waals surface area (Å²) in [5.74, 6) is -1.62. The highest BCUT2D eigenvalue weighted by molar-refractivity contribution is 5.80. The van der Waals surface area contributed by atoms with E-state index in [2.05, 4.69) is 0 Å². The summed E-state index contributed by atoms with van der Waals surface area (Å²) in [6, 6.07) is 2.33. The van der Waals surface area contributed by atoms with Gasteiger partial charge in [0.25, 0.3) is 0 Å². The van der Waals surface area contributed by atoms with E-state index in [1.54, 1.807) is 6.92 Å². The summed E-state index contributed by atoms with van der Waals surface area (Å²) < 4.78 is 29.2. The summed E-state index contributed by atoms with van der Waals surface area (Å²) in [5, 5.41) is 0. The molecule has 0 aliphatic heterocycles.